The second-order valence-electron chi connectivity index (χ2n) is 6.48. The Hall–Kier alpha value is -3.22. The zero-order chi connectivity index (χ0) is 19.4. The second kappa shape index (κ2) is 7.99. The molecule has 1 N–H and O–H groups in total. The van der Waals surface area contributed by atoms with Crippen molar-refractivity contribution in [1.82, 2.24) is 0 Å². The number of hydrogen-bond donors (Lipinski definition) is 1. The quantitative estimate of drug-likeness (QED) is 0.358. The van der Waals surface area contributed by atoms with E-state index in [0.717, 1.165) is 25.7 Å². The zero-order valence-corrected chi connectivity index (χ0v) is 14.9. The maximum atomic E-state index is 12.9. The van der Waals surface area contributed by atoms with Crippen LogP contribution >= 0.6 is 0 Å². The molecule has 0 amide bonds. The molecular weight excluding hydrogens is 348 g/mol. The van der Waals surface area contributed by atoms with Crippen LogP contribution in [0.25, 0.3) is 0 Å². The number of nitrogens with zero attached hydrogens (tertiary/aromatic N) is 1. The molecule has 1 aliphatic carbocycles. The van der Waals surface area contributed by atoms with E-state index in [4.69, 9.17) is 4.74 Å². The van der Waals surface area contributed by atoms with Gasteiger partial charge in [0.1, 0.15) is 5.69 Å². The molecule has 1 fully saturated rings. The number of ketones is 1. The van der Waals surface area contributed by atoms with Crippen molar-refractivity contribution in [3.63, 3.8) is 0 Å². The van der Waals surface area contributed by atoms with E-state index in [1.165, 1.54) is 25.3 Å². The van der Waals surface area contributed by atoms with E-state index in [-0.39, 0.29) is 28.4 Å². The number of hydrogen-bond acceptors (Lipinski definition) is 6. The van der Waals surface area contributed by atoms with E-state index in [1.54, 1.807) is 24.3 Å². The number of ether oxygens (including phenoxy) is 1. The molecule has 7 heteroatoms. The zero-order valence-electron chi connectivity index (χ0n) is 14.9. The number of methoxy groups -OCH3 is 1. The fourth-order valence-electron chi connectivity index (χ4n) is 3.36. The van der Waals surface area contributed by atoms with Gasteiger partial charge in [0.2, 0.25) is 0 Å². The summed E-state index contributed by atoms with van der Waals surface area (Å²) in [5, 5.41) is 14.7. The van der Waals surface area contributed by atoms with Crippen molar-refractivity contribution in [1.29, 1.82) is 0 Å². The Kier molecular flexibility index (Phi) is 5.49. The molecule has 3 rings (SSSR count). The van der Waals surface area contributed by atoms with Crippen LogP contribution in [0.2, 0.25) is 0 Å². The number of carbonyl (C=O) groups excluding carboxylic acids is 2. The van der Waals surface area contributed by atoms with E-state index >= 15 is 0 Å². The molecule has 0 saturated heterocycles. The van der Waals surface area contributed by atoms with Gasteiger partial charge in [0.25, 0.3) is 5.69 Å². The molecule has 7 nitrogen and oxygen atoms in total. The minimum atomic E-state index is -0.632. The fraction of sp³-hybridized carbons (Fsp3) is 0.300. The van der Waals surface area contributed by atoms with Crippen LogP contribution in [0, 0.1) is 10.1 Å². The molecule has 0 radical (unpaired) electrons. The number of esters is 1. The van der Waals surface area contributed by atoms with Gasteiger partial charge < -0.3 is 10.1 Å². The number of rotatable bonds is 6. The third-order valence-corrected chi connectivity index (χ3v) is 4.75. The standard InChI is InChI=1S/C20H20N2O5/c1-27-20(24)16-9-5-4-8-15(16)19(23)13-10-11-17(18(12-13)22(25)26)21-14-6-2-3-7-14/h4-5,8-12,14,21H,2-3,6-7H2,1H3. The average molecular weight is 368 g/mol. The van der Waals surface area contributed by atoms with E-state index in [0.29, 0.717) is 5.69 Å². The normalized spacial score (nSPS) is 14.0. The summed E-state index contributed by atoms with van der Waals surface area (Å²) >= 11 is 0. The fourth-order valence-corrected chi connectivity index (χ4v) is 3.36. The van der Waals surface area contributed by atoms with Gasteiger partial charge in [-0.15, -0.1) is 0 Å². The lowest BCUT2D eigenvalue weighted by atomic mass is 9.97. The molecular formula is C20H20N2O5. The molecule has 2 aromatic rings. The van der Waals surface area contributed by atoms with Gasteiger partial charge in [-0.1, -0.05) is 31.0 Å². The first-order chi connectivity index (χ1) is 13.0. The highest BCUT2D eigenvalue weighted by atomic mass is 16.6. The first kappa shape index (κ1) is 18.6. The van der Waals surface area contributed by atoms with Crippen LogP contribution in [0.4, 0.5) is 11.4 Å². The summed E-state index contributed by atoms with van der Waals surface area (Å²) in [5.74, 6) is -1.10. The van der Waals surface area contributed by atoms with Crippen molar-refractivity contribution in [3.8, 4) is 0 Å². The second-order valence-corrected chi connectivity index (χ2v) is 6.48. The average Bonchev–Trinajstić information content (AvgIpc) is 3.20. The monoisotopic (exact) mass is 368 g/mol. The van der Waals surface area contributed by atoms with Crippen LogP contribution < -0.4 is 5.32 Å². The number of carbonyl (C=O) groups is 2. The predicted octanol–water partition coefficient (Wildman–Crippen LogP) is 3.97. The Balaban J connectivity index is 1.95. The summed E-state index contributed by atoms with van der Waals surface area (Å²) in [4.78, 5) is 35.8. The van der Waals surface area contributed by atoms with Crippen LogP contribution in [0.1, 0.15) is 52.0 Å². The molecule has 0 spiro atoms. The van der Waals surface area contributed by atoms with Crippen molar-refractivity contribution in [2.24, 2.45) is 0 Å². The number of benzene rings is 2. The molecule has 0 unspecified atom stereocenters. The highest BCUT2D eigenvalue weighted by Crippen LogP contribution is 2.30. The Labute approximate surface area is 156 Å². The molecule has 0 aromatic heterocycles. The summed E-state index contributed by atoms with van der Waals surface area (Å²) in [6.45, 7) is 0. The maximum absolute atomic E-state index is 12.9. The summed E-state index contributed by atoms with van der Waals surface area (Å²) in [6.07, 6.45) is 4.16. The smallest absolute Gasteiger partial charge is 0.338 e. The SMILES string of the molecule is COC(=O)c1ccccc1C(=O)c1ccc(NC2CCCC2)c([N+](=O)[O-])c1. The molecule has 140 valence electrons. The molecule has 1 saturated carbocycles. The van der Waals surface area contributed by atoms with E-state index < -0.39 is 16.7 Å². The van der Waals surface area contributed by atoms with Gasteiger partial charge in [-0.3, -0.25) is 14.9 Å². The largest absolute Gasteiger partial charge is 0.465 e. The Morgan fingerprint density at radius 3 is 2.41 bits per heavy atom. The van der Waals surface area contributed by atoms with Crippen LogP contribution in [-0.2, 0) is 4.74 Å². The molecule has 0 aliphatic heterocycles. The van der Waals surface area contributed by atoms with Crippen molar-refractivity contribution < 1.29 is 19.2 Å². The van der Waals surface area contributed by atoms with Crippen molar-refractivity contribution >= 4 is 23.1 Å². The molecule has 2 aromatic carbocycles. The first-order valence-corrected chi connectivity index (χ1v) is 8.78. The van der Waals surface area contributed by atoms with Gasteiger partial charge in [0.05, 0.1) is 17.6 Å². The van der Waals surface area contributed by atoms with Gasteiger partial charge in [-0.05, 0) is 31.0 Å². The number of nitro groups is 1. The Morgan fingerprint density at radius 1 is 1.11 bits per heavy atom. The third-order valence-electron chi connectivity index (χ3n) is 4.75. The van der Waals surface area contributed by atoms with Crippen LogP contribution in [-0.4, -0.2) is 29.8 Å². The lowest BCUT2D eigenvalue weighted by molar-refractivity contribution is -0.384. The molecule has 27 heavy (non-hydrogen) atoms. The van der Waals surface area contributed by atoms with Crippen molar-refractivity contribution in [2.75, 3.05) is 12.4 Å². The van der Waals surface area contributed by atoms with Gasteiger partial charge in [-0.25, -0.2) is 4.79 Å². The summed E-state index contributed by atoms with van der Waals surface area (Å²) in [5.41, 5.74) is 0.680. The molecule has 1 aliphatic rings. The summed E-state index contributed by atoms with van der Waals surface area (Å²) < 4.78 is 4.71. The molecule has 0 bridgehead atoms. The summed E-state index contributed by atoms with van der Waals surface area (Å²) in [7, 11) is 1.23. The Morgan fingerprint density at radius 2 is 1.78 bits per heavy atom. The van der Waals surface area contributed by atoms with Crippen molar-refractivity contribution in [3.05, 3.63) is 69.3 Å². The Bertz CT molecular complexity index is 888. The third kappa shape index (κ3) is 3.97. The van der Waals surface area contributed by atoms with Gasteiger partial charge in [0.15, 0.2) is 5.78 Å². The molecule has 0 heterocycles. The molecule has 0 atom stereocenters. The highest BCUT2D eigenvalue weighted by Gasteiger charge is 2.24. The topological polar surface area (TPSA) is 98.5 Å². The van der Waals surface area contributed by atoms with Gasteiger partial charge in [0, 0.05) is 23.2 Å². The van der Waals surface area contributed by atoms with Gasteiger partial charge >= 0.3 is 5.97 Å². The maximum Gasteiger partial charge on any atom is 0.338 e. The minimum Gasteiger partial charge on any atom is -0.465 e. The van der Waals surface area contributed by atoms with Crippen molar-refractivity contribution in [2.45, 2.75) is 31.7 Å². The summed E-state index contributed by atoms with van der Waals surface area (Å²) in [6, 6.07) is 10.8. The van der Waals surface area contributed by atoms with Crippen LogP contribution in [0.15, 0.2) is 42.5 Å². The van der Waals surface area contributed by atoms with E-state index in [9.17, 15) is 19.7 Å². The van der Waals surface area contributed by atoms with Crippen LogP contribution in [0.5, 0.6) is 0 Å². The predicted molar refractivity (Wildman–Crippen MR) is 100 cm³/mol. The van der Waals surface area contributed by atoms with E-state index in [1.807, 2.05) is 0 Å². The lowest BCUT2D eigenvalue weighted by Crippen LogP contribution is -2.16. The first-order valence-electron chi connectivity index (χ1n) is 8.78. The lowest BCUT2D eigenvalue weighted by Gasteiger charge is -2.14. The van der Waals surface area contributed by atoms with Crippen LogP contribution in [0.3, 0.4) is 0 Å². The van der Waals surface area contributed by atoms with Gasteiger partial charge in [-0.2, -0.15) is 0 Å². The number of anilines is 1. The minimum absolute atomic E-state index is 0.126. The number of nitrogens with one attached hydrogen (secondary N) is 1. The number of nitro benzene ring substituents is 1. The highest BCUT2D eigenvalue weighted by molar-refractivity contribution is 6.14. The van der Waals surface area contributed by atoms with E-state index in [2.05, 4.69) is 5.32 Å².